The lowest BCUT2D eigenvalue weighted by molar-refractivity contribution is 0.411. The molecule has 4 rings (SSSR count). The van der Waals surface area contributed by atoms with Gasteiger partial charge in [0.25, 0.3) is 0 Å². The van der Waals surface area contributed by atoms with Gasteiger partial charge in [-0.25, -0.2) is 5.43 Å². The number of hydrogen-bond acceptors (Lipinski definition) is 9. The second kappa shape index (κ2) is 12.6. The van der Waals surface area contributed by atoms with Crippen LogP contribution in [0, 0.1) is 27.7 Å². The standard InChI is InChI=1S/C30H33N7O2/c1-19-21(3)26(38-5)14-12-23(19)17-31-36-29-16-28(33-25-10-8-7-9-11-25)34-30(35-29)37-32-18-24-13-15-27(39-6)22(4)20(24)2/h7-18H,1-6H3,(H3,33,34,35,36,37). The first-order valence-corrected chi connectivity index (χ1v) is 12.5. The summed E-state index contributed by atoms with van der Waals surface area (Å²) in [5.41, 5.74) is 13.1. The number of hydrazone groups is 2. The summed E-state index contributed by atoms with van der Waals surface area (Å²) in [5, 5.41) is 12.1. The molecule has 0 saturated heterocycles. The maximum Gasteiger partial charge on any atom is 0.247 e. The van der Waals surface area contributed by atoms with E-state index in [1.165, 1.54) is 0 Å². The van der Waals surface area contributed by atoms with Gasteiger partial charge in [0.2, 0.25) is 5.95 Å². The van der Waals surface area contributed by atoms with Crippen molar-refractivity contribution < 1.29 is 9.47 Å². The van der Waals surface area contributed by atoms with Crippen LogP contribution in [0.2, 0.25) is 0 Å². The molecule has 1 aromatic heterocycles. The number of hydrogen-bond donors (Lipinski definition) is 3. The quantitative estimate of drug-likeness (QED) is 0.164. The lowest BCUT2D eigenvalue weighted by Gasteiger charge is -2.11. The number of rotatable bonds is 10. The highest BCUT2D eigenvalue weighted by atomic mass is 16.5. The molecule has 1 heterocycles. The maximum atomic E-state index is 5.40. The van der Waals surface area contributed by atoms with Crippen LogP contribution >= 0.6 is 0 Å². The Morgan fingerprint density at radius 3 is 1.74 bits per heavy atom. The van der Waals surface area contributed by atoms with Crippen LogP contribution < -0.4 is 25.6 Å². The number of para-hydroxylation sites is 1. The number of nitrogens with one attached hydrogen (secondary N) is 3. The monoisotopic (exact) mass is 523 g/mol. The number of methoxy groups -OCH3 is 2. The molecule has 0 saturated carbocycles. The van der Waals surface area contributed by atoms with E-state index in [-0.39, 0.29) is 0 Å². The molecule has 200 valence electrons. The summed E-state index contributed by atoms with van der Waals surface area (Å²) < 4.78 is 10.8. The summed E-state index contributed by atoms with van der Waals surface area (Å²) in [6.07, 6.45) is 3.50. The Hall–Kier alpha value is -4.92. The van der Waals surface area contributed by atoms with Crippen molar-refractivity contribution >= 4 is 35.7 Å². The van der Waals surface area contributed by atoms with Gasteiger partial charge in [-0.1, -0.05) is 18.2 Å². The van der Waals surface area contributed by atoms with Crippen LogP contribution in [0.5, 0.6) is 11.5 Å². The third kappa shape index (κ3) is 6.70. The molecule has 0 radical (unpaired) electrons. The van der Waals surface area contributed by atoms with Crippen LogP contribution in [0.3, 0.4) is 0 Å². The molecule has 0 amide bonds. The van der Waals surface area contributed by atoms with Gasteiger partial charge in [-0.2, -0.15) is 20.2 Å². The van der Waals surface area contributed by atoms with E-state index in [1.54, 1.807) is 32.7 Å². The van der Waals surface area contributed by atoms with Gasteiger partial charge >= 0.3 is 0 Å². The molecule has 0 unspecified atom stereocenters. The van der Waals surface area contributed by atoms with E-state index in [2.05, 4.69) is 36.3 Å². The van der Waals surface area contributed by atoms with E-state index >= 15 is 0 Å². The molecule has 3 aromatic carbocycles. The molecule has 0 fully saturated rings. The van der Waals surface area contributed by atoms with Crippen molar-refractivity contribution in [3.05, 3.63) is 94.0 Å². The zero-order chi connectivity index (χ0) is 27.8. The summed E-state index contributed by atoms with van der Waals surface area (Å²) in [6.45, 7) is 8.12. The zero-order valence-electron chi connectivity index (χ0n) is 23.0. The minimum Gasteiger partial charge on any atom is -0.496 e. The van der Waals surface area contributed by atoms with Crippen molar-refractivity contribution in [2.45, 2.75) is 27.7 Å². The Kier molecular flexibility index (Phi) is 8.73. The number of anilines is 4. The molecule has 0 bridgehead atoms. The van der Waals surface area contributed by atoms with Gasteiger partial charge in [0, 0.05) is 11.8 Å². The summed E-state index contributed by atoms with van der Waals surface area (Å²) in [4.78, 5) is 9.10. The van der Waals surface area contributed by atoms with E-state index in [0.29, 0.717) is 17.6 Å². The second-order valence-corrected chi connectivity index (χ2v) is 8.91. The number of ether oxygens (including phenoxy) is 2. The molecule has 9 heteroatoms. The van der Waals surface area contributed by atoms with E-state index in [9.17, 15) is 0 Å². The fourth-order valence-corrected chi connectivity index (χ4v) is 3.97. The van der Waals surface area contributed by atoms with E-state index in [0.717, 1.165) is 50.6 Å². The summed E-state index contributed by atoms with van der Waals surface area (Å²) in [6, 6.07) is 19.4. The third-order valence-electron chi connectivity index (χ3n) is 6.52. The molecule has 0 aliphatic carbocycles. The van der Waals surface area contributed by atoms with Gasteiger partial charge in [0.15, 0.2) is 5.82 Å². The maximum absolute atomic E-state index is 5.40. The van der Waals surface area contributed by atoms with Crippen molar-refractivity contribution in [3.8, 4) is 11.5 Å². The smallest absolute Gasteiger partial charge is 0.247 e. The highest BCUT2D eigenvalue weighted by molar-refractivity contribution is 5.84. The van der Waals surface area contributed by atoms with Crippen molar-refractivity contribution in [1.29, 1.82) is 0 Å². The van der Waals surface area contributed by atoms with Crippen molar-refractivity contribution in [2.24, 2.45) is 10.2 Å². The average Bonchev–Trinajstić information content (AvgIpc) is 2.94. The fraction of sp³-hybridized carbons (Fsp3) is 0.200. The minimum atomic E-state index is 0.309. The Labute approximate surface area is 229 Å². The second-order valence-electron chi connectivity index (χ2n) is 8.91. The molecular weight excluding hydrogens is 490 g/mol. The molecule has 0 aliphatic heterocycles. The molecule has 9 nitrogen and oxygen atoms in total. The summed E-state index contributed by atoms with van der Waals surface area (Å²) >= 11 is 0. The van der Waals surface area contributed by atoms with E-state index in [1.807, 2.05) is 82.3 Å². The highest BCUT2D eigenvalue weighted by Crippen LogP contribution is 2.24. The SMILES string of the molecule is COc1ccc(C=NNc2cc(Nc3ccccc3)nc(NN=Cc3ccc(OC)c(C)c3C)n2)c(C)c1C. The number of aromatic nitrogens is 2. The van der Waals surface area contributed by atoms with E-state index < -0.39 is 0 Å². The Morgan fingerprint density at radius 2 is 1.18 bits per heavy atom. The van der Waals surface area contributed by atoms with Gasteiger partial charge in [-0.3, -0.25) is 5.43 Å². The minimum absolute atomic E-state index is 0.309. The Balaban J connectivity index is 1.56. The van der Waals surface area contributed by atoms with Crippen molar-refractivity contribution in [3.63, 3.8) is 0 Å². The molecule has 0 aliphatic rings. The molecule has 39 heavy (non-hydrogen) atoms. The van der Waals surface area contributed by atoms with Crippen LogP contribution in [-0.4, -0.2) is 36.6 Å². The van der Waals surface area contributed by atoms with Gasteiger partial charge < -0.3 is 14.8 Å². The molecular formula is C30H33N7O2. The van der Waals surface area contributed by atoms with Crippen molar-refractivity contribution in [2.75, 3.05) is 30.4 Å². The lowest BCUT2D eigenvalue weighted by atomic mass is 10.0. The molecule has 0 atom stereocenters. The number of benzene rings is 3. The van der Waals surface area contributed by atoms with Gasteiger partial charge in [-0.05, 0) is 97.5 Å². The van der Waals surface area contributed by atoms with Gasteiger partial charge in [0.1, 0.15) is 17.3 Å². The normalized spacial score (nSPS) is 11.1. The topological polar surface area (TPSA) is 105 Å². The molecule has 3 N–H and O–H groups in total. The molecule has 0 spiro atoms. The Morgan fingerprint density at radius 1 is 0.641 bits per heavy atom. The lowest BCUT2D eigenvalue weighted by Crippen LogP contribution is -2.04. The fourth-order valence-electron chi connectivity index (χ4n) is 3.97. The van der Waals surface area contributed by atoms with Crippen LogP contribution in [0.15, 0.2) is 70.9 Å². The first-order valence-electron chi connectivity index (χ1n) is 12.5. The van der Waals surface area contributed by atoms with Crippen LogP contribution in [0.25, 0.3) is 0 Å². The van der Waals surface area contributed by atoms with Crippen LogP contribution in [0.4, 0.5) is 23.3 Å². The first kappa shape index (κ1) is 27.1. The molecule has 4 aromatic rings. The van der Waals surface area contributed by atoms with Crippen molar-refractivity contribution in [1.82, 2.24) is 9.97 Å². The first-order chi connectivity index (χ1) is 18.9. The van der Waals surface area contributed by atoms with E-state index in [4.69, 9.17) is 9.47 Å². The highest BCUT2D eigenvalue weighted by Gasteiger charge is 2.08. The Bertz CT molecular complexity index is 1410. The predicted molar refractivity (Wildman–Crippen MR) is 159 cm³/mol. The largest absolute Gasteiger partial charge is 0.496 e. The third-order valence-corrected chi connectivity index (χ3v) is 6.52. The zero-order valence-corrected chi connectivity index (χ0v) is 23.0. The number of nitrogens with zero attached hydrogens (tertiary/aromatic N) is 4. The van der Waals surface area contributed by atoms with Gasteiger partial charge in [-0.15, -0.1) is 0 Å². The van der Waals surface area contributed by atoms with Crippen LogP contribution in [-0.2, 0) is 0 Å². The van der Waals surface area contributed by atoms with Crippen LogP contribution in [0.1, 0.15) is 33.4 Å². The summed E-state index contributed by atoms with van der Waals surface area (Å²) in [5.74, 6) is 3.08. The van der Waals surface area contributed by atoms with Gasteiger partial charge in [0.05, 0.1) is 26.6 Å². The predicted octanol–water partition coefficient (Wildman–Crippen LogP) is 6.36. The summed E-state index contributed by atoms with van der Waals surface area (Å²) in [7, 11) is 3.34. The average molecular weight is 524 g/mol.